The van der Waals surface area contributed by atoms with Gasteiger partial charge in [-0.3, -0.25) is 14.7 Å². The first kappa shape index (κ1) is 15.4. The summed E-state index contributed by atoms with van der Waals surface area (Å²) in [5.41, 5.74) is 4.77. The van der Waals surface area contributed by atoms with E-state index in [0.29, 0.717) is 0 Å². The minimum absolute atomic E-state index is 0.00808. The molecule has 1 N–H and O–H groups in total. The monoisotopic (exact) mass is 329 g/mol. The first-order chi connectivity index (χ1) is 12.3. The van der Waals surface area contributed by atoms with Crippen molar-refractivity contribution in [2.24, 2.45) is 0 Å². The first-order valence-corrected chi connectivity index (χ1v) is 8.46. The molecule has 1 aliphatic heterocycles. The summed E-state index contributed by atoms with van der Waals surface area (Å²) in [4.78, 5) is 18.9. The van der Waals surface area contributed by atoms with Crippen molar-refractivity contribution in [3.63, 3.8) is 0 Å². The fourth-order valence-corrected chi connectivity index (χ4v) is 3.22. The number of carbonyl (C=O) groups excluding carboxylic acids is 1. The Morgan fingerprint density at radius 2 is 1.84 bits per heavy atom. The number of nitrogens with one attached hydrogen (secondary N) is 1. The van der Waals surface area contributed by atoms with E-state index in [1.807, 2.05) is 36.4 Å². The summed E-state index contributed by atoms with van der Waals surface area (Å²) in [5, 5.41) is 3.50. The fourth-order valence-electron chi connectivity index (χ4n) is 3.22. The van der Waals surface area contributed by atoms with Gasteiger partial charge in [0, 0.05) is 23.0 Å². The van der Waals surface area contributed by atoms with Gasteiger partial charge in [-0.25, -0.2) is 0 Å². The number of rotatable bonds is 4. The molecule has 0 fully saturated rings. The molecule has 0 saturated heterocycles. The van der Waals surface area contributed by atoms with Gasteiger partial charge in [-0.15, -0.1) is 0 Å². The zero-order valence-electron chi connectivity index (χ0n) is 14.0. The van der Waals surface area contributed by atoms with Crippen LogP contribution in [0.3, 0.4) is 0 Å². The summed E-state index contributed by atoms with van der Waals surface area (Å²) in [6.45, 7) is 2.14. The summed E-state index contributed by atoms with van der Waals surface area (Å²) in [7, 11) is 0. The predicted molar refractivity (Wildman–Crippen MR) is 99.7 cm³/mol. The van der Waals surface area contributed by atoms with Gasteiger partial charge in [-0.05, 0) is 42.3 Å². The molecular formula is C21H19N3O. The minimum Gasteiger partial charge on any atom is -0.361 e. The van der Waals surface area contributed by atoms with Crippen LogP contribution in [0.5, 0.6) is 0 Å². The summed E-state index contributed by atoms with van der Waals surface area (Å²) in [5.74, 6) is -0.00808. The molecule has 1 aromatic heterocycles. The quantitative estimate of drug-likeness (QED) is 0.771. The van der Waals surface area contributed by atoms with E-state index in [1.165, 1.54) is 5.56 Å². The van der Waals surface area contributed by atoms with Crippen LogP contribution in [-0.4, -0.2) is 10.9 Å². The van der Waals surface area contributed by atoms with Crippen LogP contribution >= 0.6 is 0 Å². The number of benzene rings is 2. The van der Waals surface area contributed by atoms with Crippen molar-refractivity contribution in [3.8, 4) is 0 Å². The number of aryl methyl sites for hydroxylation is 1. The Labute approximate surface area is 147 Å². The lowest BCUT2D eigenvalue weighted by atomic mass is 10.1. The number of hydrogen-bond acceptors (Lipinski definition) is 3. The molecule has 1 atom stereocenters. The molecule has 1 unspecified atom stereocenters. The maximum Gasteiger partial charge on any atom is 0.260 e. The number of carbonyl (C=O) groups is 1. The van der Waals surface area contributed by atoms with Gasteiger partial charge >= 0.3 is 0 Å². The Morgan fingerprint density at radius 1 is 1.04 bits per heavy atom. The molecule has 3 aromatic rings. The number of amides is 1. The standard InChI is InChI=1S/C21H19N3O/c1-2-15-9-11-16(12-10-15)23-20-18-7-3-4-8-19(18)21(25)24(20)17-6-5-13-22-14-17/h3-14,20,23H,2H2,1H3. The van der Waals surface area contributed by atoms with E-state index in [9.17, 15) is 4.79 Å². The van der Waals surface area contributed by atoms with E-state index in [0.717, 1.165) is 28.9 Å². The highest BCUT2D eigenvalue weighted by atomic mass is 16.2. The second-order valence-electron chi connectivity index (χ2n) is 6.07. The first-order valence-electron chi connectivity index (χ1n) is 8.46. The van der Waals surface area contributed by atoms with Crippen molar-refractivity contribution in [3.05, 3.63) is 89.7 Å². The summed E-state index contributed by atoms with van der Waals surface area (Å²) < 4.78 is 0. The van der Waals surface area contributed by atoms with Crippen LogP contribution in [0.25, 0.3) is 0 Å². The van der Waals surface area contributed by atoms with Crippen molar-refractivity contribution in [1.29, 1.82) is 0 Å². The lowest BCUT2D eigenvalue weighted by Gasteiger charge is -2.27. The minimum atomic E-state index is -0.250. The molecule has 4 nitrogen and oxygen atoms in total. The molecular weight excluding hydrogens is 310 g/mol. The van der Waals surface area contributed by atoms with Gasteiger partial charge in [0.05, 0.1) is 11.9 Å². The van der Waals surface area contributed by atoms with Crippen LogP contribution in [0.1, 0.15) is 34.6 Å². The normalized spacial score (nSPS) is 16.0. The van der Waals surface area contributed by atoms with E-state index in [-0.39, 0.29) is 12.1 Å². The molecule has 2 heterocycles. The Balaban J connectivity index is 1.74. The molecule has 1 aliphatic rings. The number of anilines is 2. The fraction of sp³-hybridized carbons (Fsp3) is 0.143. The third-order valence-corrected chi connectivity index (χ3v) is 4.55. The molecule has 0 saturated carbocycles. The topological polar surface area (TPSA) is 45.2 Å². The third kappa shape index (κ3) is 2.76. The molecule has 4 heteroatoms. The molecule has 1 amide bonds. The maximum absolute atomic E-state index is 13.0. The number of nitrogens with zero attached hydrogens (tertiary/aromatic N) is 2. The smallest absolute Gasteiger partial charge is 0.260 e. The lowest BCUT2D eigenvalue weighted by molar-refractivity contribution is 0.0993. The van der Waals surface area contributed by atoms with E-state index in [4.69, 9.17) is 0 Å². The Kier molecular flexibility index (Phi) is 3.94. The van der Waals surface area contributed by atoms with Crippen molar-refractivity contribution >= 4 is 17.3 Å². The second-order valence-corrected chi connectivity index (χ2v) is 6.07. The molecule has 0 radical (unpaired) electrons. The summed E-state index contributed by atoms with van der Waals surface area (Å²) >= 11 is 0. The third-order valence-electron chi connectivity index (χ3n) is 4.55. The zero-order valence-corrected chi connectivity index (χ0v) is 14.0. The van der Waals surface area contributed by atoms with Gasteiger partial charge in [0.1, 0.15) is 6.17 Å². The SMILES string of the molecule is CCc1ccc(NC2c3ccccc3C(=O)N2c2cccnc2)cc1. The molecule has 0 spiro atoms. The van der Waals surface area contributed by atoms with Crippen LogP contribution in [-0.2, 0) is 6.42 Å². The Morgan fingerprint density at radius 3 is 2.56 bits per heavy atom. The van der Waals surface area contributed by atoms with Crippen LogP contribution < -0.4 is 10.2 Å². The predicted octanol–water partition coefficient (Wildman–Crippen LogP) is 4.42. The molecule has 25 heavy (non-hydrogen) atoms. The highest BCUT2D eigenvalue weighted by Crippen LogP contribution is 2.37. The van der Waals surface area contributed by atoms with Crippen molar-refractivity contribution in [2.75, 3.05) is 10.2 Å². The van der Waals surface area contributed by atoms with Crippen molar-refractivity contribution in [1.82, 2.24) is 4.98 Å². The van der Waals surface area contributed by atoms with Crippen molar-refractivity contribution in [2.45, 2.75) is 19.5 Å². The highest BCUT2D eigenvalue weighted by Gasteiger charge is 2.37. The number of fused-ring (bicyclic) bond motifs is 1. The van der Waals surface area contributed by atoms with E-state index in [1.54, 1.807) is 17.3 Å². The van der Waals surface area contributed by atoms with Crippen LogP contribution in [0.4, 0.5) is 11.4 Å². The highest BCUT2D eigenvalue weighted by molar-refractivity contribution is 6.11. The van der Waals surface area contributed by atoms with Crippen LogP contribution in [0.15, 0.2) is 73.1 Å². The number of pyridine rings is 1. The van der Waals surface area contributed by atoms with Crippen LogP contribution in [0.2, 0.25) is 0 Å². The largest absolute Gasteiger partial charge is 0.361 e. The average Bonchev–Trinajstić information content (AvgIpc) is 2.95. The molecule has 0 bridgehead atoms. The summed E-state index contributed by atoms with van der Waals surface area (Å²) in [6.07, 6.45) is 4.19. The number of hydrogen-bond donors (Lipinski definition) is 1. The average molecular weight is 329 g/mol. The second kappa shape index (κ2) is 6.40. The van der Waals surface area contributed by atoms with Gasteiger partial charge in [0.15, 0.2) is 0 Å². The van der Waals surface area contributed by atoms with Gasteiger partial charge in [0.25, 0.3) is 5.91 Å². The molecule has 0 aliphatic carbocycles. The van der Waals surface area contributed by atoms with E-state index in [2.05, 4.69) is 41.5 Å². The molecule has 124 valence electrons. The van der Waals surface area contributed by atoms with Crippen LogP contribution in [0, 0.1) is 0 Å². The maximum atomic E-state index is 13.0. The van der Waals surface area contributed by atoms with Gasteiger partial charge in [-0.1, -0.05) is 37.3 Å². The Bertz CT molecular complexity index is 891. The summed E-state index contributed by atoms with van der Waals surface area (Å²) in [6, 6.07) is 19.8. The van der Waals surface area contributed by atoms with Gasteiger partial charge in [-0.2, -0.15) is 0 Å². The number of aromatic nitrogens is 1. The van der Waals surface area contributed by atoms with E-state index >= 15 is 0 Å². The van der Waals surface area contributed by atoms with Crippen molar-refractivity contribution < 1.29 is 4.79 Å². The zero-order chi connectivity index (χ0) is 17.2. The van der Waals surface area contributed by atoms with E-state index < -0.39 is 0 Å². The molecule has 4 rings (SSSR count). The lowest BCUT2D eigenvalue weighted by Crippen LogP contribution is -2.32. The molecule has 2 aromatic carbocycles. The Hall–Kier alpha value is -3.14. The van der Waals surface area contributed by atoms with Gasteiger partial charge < -0.3 is 5.32 Å². The van der Waals surface area contributed by atoms with Gasteiger partial charge in [0.2, 0.25) is 0 Å².